The lowest BCUT2D eigenvalue weighted by Crippen LogP contribution is -2.28. The van der Waals surface area contributed by atoms with Crippen molar-refractivity contribution in [1.82, 2.24) is 15.1 Å². The van der Waals surface area contributed by atoms with Crippen molar-refractivity contribution < 1.29 is 9.90 Å². The Kier molecular flexibility index (Phi) is 3.80. The van der Waals surface area contributed by atoms with E-state index in [0.717, 1.165) is 5.56 Å². The van der Waals surface area contributed by atoms with Crippen molar-refractivity contribution in [2.24, 2.45) is 0 Å². The Bertz CT molecular complexity index is 916. The maximum Gasteiger partial charge on any atom is 0.274 e. The number of fused-ring (bicyclic) bond motifs is 1. The summed E-state index contributed by atoms with van der Waals surface area (Å²) in [5.41, 5.74) is 0.771. The molecule has 6 heteroatoms. The van der Waals surface area contributed by atoms with E-state index in [-0.39, 0.29) is 22.9 Å². The van der Waals surface area contributed by atoms with Crippen molar-refractivity contribution in [3.8, 4) is 5.75 Å². The predicted octanol–water partition coefficient (Wildman–Crippen LogP) is 1.90. The van der Waals surface area contributed by atoms with Crippen LogP contribution in [0.15, 0.2) is 53.3 Å². The highest BCUT2D eigenvalue weighted by molar-refractivity contribution is 6.04. The Morgan fingerprint density at radius 1 is 1.13 bits per heavy atom. The minimum Gasteiger partial charge on any atom is -0.508 e. The molecule has 0 aliphatic carbocycles. The molecule has 0 saturated carbocycles. The van der Waals surface area contributed by atoms with E-state index in [1.807, 2.05) is 0 Å². The number of hydrogen-bond donors (Lipinski definition) is 2. The van der Waals surface area contributed by atoms with Crippen LogP contribution in [0.5, 0.6) is 5.75 Å². The number of carbonyl (C=O) groups excluding carboxylic acids is 1. The molecule has 0 saturated heterocycles. The molecule has 0 radical (unpaired) electrons. The van der Waals surface area contributed by atoms with Gasteiger partial charge < -0.3 is 10.0 Å². The summed E-state index contributed by atoms with van der Waals surface area (Å²) in [6.45, 7) is 0.369. The molecule has 0 aliphatic rings. The largest absolute Gasteiger partial charge is 0.508 e. The number of benzene rings is 2. The third-order valence-corrected chi connectivity index (χ3v) is 3.60. The van der Waals surface area contributed by atoms with Crippen molar-refractivity contribution in [1.29, 1.82) is 0 Å². The lowest BCUT2D eigenvalue weighted by Gasteiger charge is -2.17. The first-order valence-electron chi connectivity index (χ1n) is 7.07. The van der Waals surface area contributed by atoms with Gasteiger partial charge in [0.15, 0.2) is 5.69 Å². The highest BCUT2D eigenvalue weighted by Gasteiger charge is 2.18. The van der Waals surface area contributed by atoms with Gasteiger partial charge in [-0.2, -0.15) is 5.10 Å². The molecule has 1 amide bonds. The second-order valence-corrected chi connectivity index (χ2v) is 5.27. The van der Waals surface area contributed by atoms with Crippen LogP contribution in [-0.4, -0.2) is 33.2 Å². The zero-order valence-electron chi connectivity index (χ0n) is 12.5. The van der Waals surface area contributed by atoms with E-state index in [1.165, 1.54) is 4.90 Å². The number of H-pyrrole nitrogens is 1. The van der Waals surface area contributed by atoms with Gasteiger partial charge in [-0.05, 0) is 23.8 Å². The van der Waals surface area contributed by atoms with Crippen molar-refractivity contribution >= 4 is 16.7 Å². The van der Waals surface area contributed by atoms with Crippen LogP contribution >= 0.6 is 0 Å². The standard InChI is InChI=1S/C17H15N3O3/c1-20(10-11-6-8-12(21)9-7-11)17(23)15-13-4-2-3-5-14(13)16(22)19-18-15/h2-9,21H,10H2,1H3,(H,19,22). The SMILES string of the molecule is CN(Cc1ccc(O)cc1)C(=O)c1n[nH]c(=O)c2ccccc12. The molecule has 6 nitrogen and oxygen atoms in total. The van der Waals surface area contributed by atoms with Crippen molar-refractivity contribution in [2.45, 2.75) is 6.54 Å². The number of nitrogens with zero attached hydrogens (tertiary/aromatic N) is 2. The zero-order valence-corrected chi connectivity index (χ0v) is 12.5. The lowest BCUT2D eigenvalue weighted by atomic mass is 10.1. The summed E-state index contributed by atoms with van der Waals surface area (Å²) in [6, 6.07) is 13.5. The molecule has 0 aliphatic heterocycles. The average molecular weight is 309 g/mol. The van der Waals surface area contributed by atoms with E-state index in [0.29, 0.717) is 17.3 Å². The van der Waals surface area contributed by atoms with Crippen LogP contribution in [0.1, 0.15) is 16.1 Å². The fourth-order valence-corrected chi connectivity index (χ4v) is 2.41. The second-order valence-electron chi connectivity index (χ2n) is 5.27. The summed E-state index contributed by atoms with van der Waals surface area (Å²) in [7, 11) is 1.66. The Labute approximate surface area is 132 Å². The van der Waals surface area contributed by atoms with Crippen LogP contribution in [0.2, 0.25) is 0 Å². The van der Waals surface area contributed by atoms with E-state index in [9.17, 15) is 14.7 Å². The molecule has 1 heterocycles. The summed E-state index contributed by atoms with van der Waals surface area (Å²) < 4.78 is 0. The molecule has 116 valence electrons. The number of aromatic amines is 1. The first-order chi connectivity index (χ1) is 11.1. The van der Waals surface area contributed by atoms with Crippen LogP contribution in [0, 0.1) is 0 Å². The van der Waals surface area contributed by atoms with Gasteiger partial charge in [0.25, 0.3) is 11.5 Å². The van der Waals surface area contributed by atoms with Gasteiger partial charge in [-0.25, -0.2) is 5.10 Å². The summed E-state index contributed by atoms with van der Waals surface area (Å²) >= 11 is 0. The van der Waals surface area contributed by atoms with Gasteiger partial charge in [0.1, 0.15) is 5.75 Å². The van der Waals surface area contributed by atoms with Gasteiger partial charge in [0.2, 0.25) is 0 Å². The normalized spacial score (nSPS) is 10.7. The van der Waals surface area contributed by atoms with Crippen molar-refractivity contribution in [3.63, 3.8) is 0 Å². The summed E-state index contributed by atoms with van der Waals surface area (Å²) in [6.07, 6.45) is 0. The molecule has 23 heavy (non-hydrogen) atoms. The number of aromatic nitrogens is 2. The maximum absolute atomic E-state index is 12.6. The average Bonchev–Trinajstić information content (AvgIpc) is 2.57. The monoisotopic (exact) mass is 309 g/mol. The molecule has 0 fully saturated rings. The third kappa shape index (κ3) is 2.91. The highest BCUT2D eigenvalue weighted by atomic mass is 16.3. The quantitative estimate of drug-likeness (QED) is 0.773. The van der Waals surface area contributed by atoms with E-state index in [2.05, 4.69) is 10.2 Å². The molecule has 2 aromatic carbocycles. The first kappa shape index (κ1) is 14.8. The lowest BCUT2D eigenvalue weighted by molar-refractivity contribution is 0.0780. The van der Waals surface area contributed by atoms with Crippen LogP contribution in [0.25, 0.3) is 10.8 Å². The fourth-order valence-electron chi connectivity index (χ4n) is 2.41. The van der Waals surface area contributed by atoms with Gasteiger partial charge in [-0.15, -0.1) is 0 Å². The minimum absolute atomic E-state index is 0.177. The number of carbonyl (C=O) groups is 1. The summed E-state index contributed by atoms with van der Waals surface area (Å²) in [5.74, 6) is -0.110. The molecular formula is C17H15N3O3. The number of nitrogens with one attached hydrogen (secondary N) is 1. The number of aromatic hydroxyl groups is 1. The smallest absolute Gasteiger partial charge is 0.274 e. The van der Waals surface area contributed by atoms with Gasteiger partial charge in [-0.1, -0.05) is 30.3 Å². The summed E-state index contributed by atoms with van der Waals surface area (Å²) in [4.78, 5) is 25.9. The van der Waals surface area contributed by atoms with Crippen LogP contribution in [0.3, 0.4) is 0 Å². The number of amides is 1. The number of phenols is 1. The highest BCUT2D eigenvalue weighted by Crippen LogP contribution is 2.16. The molecule has 0 bridgehead atoms. The van der Waals surface area contributed by atoms with E-state index < -0.39 is 0 Å². The molecule has 0 atom stereocenters. The van der Waals surface area contributed by atoms with Crippen molar-refractivity contribution in [2.75, 3.05) is 7.05 Å². The summed E-state index contributed by atoms with van der Waals surface area (Å²) in [5, 5.41) is 16.5. The molecule has 0 spiro atoms. The van der Waals surface area contributed by atoms with Crippen molar-refractivity contribution in [3.05, 3.63) is 70.1 Å². The second kappa shape index (κ2) is 5.92. The maximum atomic E-state index is 12.6. The van der Waals surface area contributed by atoms with Gasteiger partial charge in [0.05, 0.1) is 5.39 Å². The predicted molar refractivity (Wildman–Crippen MR) is 86.3 cm³/mol. The molecule has 0 unspecified atom stereocenters. The zero-order chi connectivity index (χ0) is 16.4. The van der Waals surface area contributed by atoms with Crippen LogP contribution in [0.4, 0.5) is 0 Å². The van der Waals surface area contributed by atoms with Gasteiger partial charge in [0, 0.05) is 19.0 Å². The molecule has 3 aromatic rings. The van der Waals surface area contributed by atoms with E-state index in [4.69, 9.17) is 0 Å². The van der Waals surface area contributed by atoms with Gasteiger partial charge in [-0.3, -0.25) is 9.59 Å². The fraction of sp³-hybridized carbons (Fsp3) is 0.118. The molecular weight excluding hydrogens is 294 g/mol. The van der Waals surface area contributed by atoms with Crippen LogP contribution in [-0.2, 0) is 6.54 Å². The number of phenolic OH excluding ortho intramolecular Hbond substituents is 1. The molecule has 3 rings (SSSR count). The minimum atomic E-state index is -0.321. The van der Waals surface area contributed by atoms with E-state index in [1.54, 1.807) is 55.6 Å². The molecule has 2 N–H and O–H groups in total. The first-order valence-corrected chi connectivity index (χ1v) is 7.07. The Hall–Kier alpha value is -3.15. The Morgan fingerprint density at radius 2 is 1.78 bits per heavy atom. The Balaban J connectivity index is 1.92. The molecule has 1 aromatic heterocycles. The van der Waals surface area contributed by atoms with Crippen LogP contribution < -0.4 is 5.56 Å². The van der Waals surface area contributed by atoms with Gasteiger partial charge >= 0.3 is 0 Å². The number of rotatable bonds is 3. The van der Waals surface area contributed by atoms with E-state index >= 15 is 0 Å². The number of hydrogen-bond acceptors (Lipinski definition) is 4. The Morgan fingerprint density at radius 3 is 2.48 bits per heavy atom. The third-order valence-electron chi connectivity index (χ3n) is 3.60. The topological polar surface area (TPSA) is 86.3 Å².